The third kappa shape index (κ3) is 6.83. The molecule has 0 radical (unpaired) electrons. The topological polar surface area (TPSA) is 29.5 Å². The Hall–Kier alpha value is -0.570. The average Bonchev–Trinajstić information content (AvgIpc) is 2.11. The van der Waals surface area contributed by atoms with Crippen LogP contribution < -0.4 is 0 Å². The molecule has 96 valence electrons. The lowest BCUT2D eigenvalue weighted by Gasteiger charge is -2.29. The van der Waals surface area contributed by atoms with Crippen LogP contribution in [0.2, 0.25) is 0 Å². The van der Waals surface area contributed by atoms with E-state index < -0.39 is 0 Å². The Labute approximate surface area is 100 Å². The minimum atomic E-state index is -0.0661. The summed E-state index contributed by atoms with van der Waals surface area (Å²) in [6.07, 6.45) is 2.29. The monoisotopic (exact) mass is 229 g/mol. The van der Waals surface area contributed by atoms with Crippen molar-refractivity contribution in [3.8, 4) is 0 Å². The van der Waals surface area contributed by atoms with Gasteiger partial charge in [0, 0.05) is 6.42 Å². The van der Waals surface area contributed by atoms with Gasteiger partial charge in [0.25, 0.3) is 0 Å². The maximum atomic E-state index is 11.6. The van der Waals surface area contributed by atoms with Crippen LogP contribution >= 0.6 is 0 Å². The van der Waals surface area contributed by atoms with Crippen molar-refractivity contribution in [3.05, 3.63) is 0 Å². The smallest absolute Gasteiger partial charge is 0.306 e. The number of carbonyl (C=O) groups is 1. The normalized spacial score (nSPS) is 13.9. The van der Waals surface area contributed by atoms with E-state index in [2.05, 4.69) is 32.6 Å². The van der Waals surface area contributed by atoms with E-state index in [0.29, 0.717) is 6.42 Å². The van der Waals surface area contributed by atoms with Crippen molar-refractivity contribution in [2.45, 2.75) is 53.1 Å². The number of nitrogens with zero attached hydrogens (tertiary/aromatic N) is 1. The summed E-state index contributed by atoms with van der Waals surface area (Å²) in [5.41, 5.74) is 0.0337. The molecule has 0 N–H and O–H groups in total. The SMILES string of the molecule is CCC(OC(=O)CCCN(C)C)C(C)(C)C. The molecular formula is C13H27NO2. The molecule has 0 aromatic carbocycles. The summed E-state index contributed by atoms with van der Waals surface area (Å²) in [4.78, 5) is 13.7. The fourth-order valence-corrected chi connectivity index (χ4v) is 1.63. The molecule has 0 aliphatic rings. The first-order valence-electron chi connectivity index (χ1n) is 6.11. The van der Waals surface area contributed by atoms with E-state index in [0.717, 1.165) is 19.4 Å². The third-order valence-electron chi connectivity index (χ3n) is 2.60. The van der Waals surface area contributed by atoms with Crippen LogP contribution in [-0.2, 0) is 9.53 Å². The molecule has 0 spiro atoms. The van der Waals surface area contributed by atoms with Crippen LogP contribution in [0.5, 0.6) is 0 Å². The van der Waals surface area contributed by atoms with E-state index in [1.807, 2.05) is 14.1 Å². The summed E-state index contributed by atoms with van der Waals surface area (Å²) in [6, 6.07) is 0. The maximum absolute atomic E-state index is 11.6. The predicted molar refractivity (Wildman–Crippen MR) is 67.4 cm³/mol. The molecule has 0 bridgehead atoms. The van der Waals surface area contributed by atoms with E-state index >= 15 is 0 Å². The molecule has 3 nitrogen and oxygen atoms in total. The van der Waals surface area contributed by atoms with Gasteiger partial charge in [0.15, 0.2) is 0 Å². The number of hydrogen-bond acceptors (Lipinski definition) is 3. The number of hydrogen-bond donors (Lipinski definition) is 0. The van der Waals surface area contributed by atoms with Crippen LogP contribution in [-0.4, -0.2) is 37.6 Å². The molecule has 0 aliphatic heterocycles. The van der Waals surface area contributed by atoms with Crippen molar-refractivity contribution < 1.29 is 9.53 Å². The second-order valence-corrected chi connectivity index (χ2v) is 5.66. The lowest BCUT2D eigenvalue weighted by atomic mass is 9.87. The van der Waals surface area contributed by atoms with E-state index in [9.17, 15) is 4.79 Å². The van der Waals surface area contributed by atoms with Crippen LogP contribution in [0.3, 0.4) is 0 Å². The highest BCUT2D eigenvalue weighted by Gasteiger charge is 2.26. The molecule has 1 atom stereocenters. The lowest BCUT2D eigenvalue weighted by molar-refractivity contribution is -0.155. The summed E-state index contributed by atoms with van der Waals surface area (Å²) >= 11 is 0. The minimum Gasteiger partial charge on any atom is -0.462 e. The van der Waals surface area contributed by atoms with Gasteiger partial charge in [-0.05, 0) is 38.9 Å². The molecule has 0 rings (SSSR count). The molecule has 0 saturated carbocycles. The highest BCUT2D eigenvalue weighted by Crippen LogP contribution is 2.25. The van der Waals surface area contributed by atoms with Crippen LogP contribution in [0, 0.1) is 5.41 Å². The molecule has 0 aromatic heterocycles. The largest absolute Gasteiger partial charge is 0.462 e. The van der Waals surface area contributed by atoms with E-state index in [1.165, 1.54) is 0 Å². The number of ether oxygens (including phenoxy) is 1. The Kier molecular flexibility index (Phi) is 6.65. The van der Waals surface area contributed by atoms with Crippen LogP contribution in [0.1, 0.15) is 47.0 Å². The van der Waals surface area contributed by atoms with Gasteiger partial charge in [0.2, 0.25) is 0 Å². The molecule has 0 amide bonds. The van der Waals surface area contributed by atoms with Gasteiger partial charge in [-0.15, -0.1) is 0 Å². The molecule has 0 heterocycles. The van der Waals surface area contributed by atoms with Crippen molar-refractivity contribution in [1.29, 1.82) is 0 Å². The van der Waals surface area contributed by atoms with Crippen molar-refractivity contribution >= 4 is 5.97 Å². The molecule has 1 unspecified atom stereocenters. The number of carbonyl (C=O) groups excluding carboxylic acids is 1. The summed E-state index contributed by atoms with van der Waals surface area (Å²) in [5.74, 6) is -0.0661. The Bertz CT molecular complexity index is 206. The summed E-state index contributed by atoms with van der Waals surface area (Å²) < 4.78 is 5.49. The quantitative estimate of drug-likeness (QED) is 0.656. The van der Waals surface area contributed by atoms with E-state index in [4.69, 9.17) is 4.74 Å². The number of rotatable bonds is 6. The molecular weight excluding hydrogens is 202 g/mol. The lowest BCUT2D eigenvalue weighted by Crippen LogP contribution is -2.31. The fraction of sp³-hybridized carbons (Fsp3) is 0.923. The Morgan fingerprint density at radius 3 is 2.25 bits per heavy atom. The zero-order chi connectivity index (χ0) is 12.8. The Balaban J connectivity index is 3.93. The number of esters is 1. The van der Waals surface area contributed by atoms with Crippen LogP contribution in [0.4, 0.5) is 0 Å². The van der Waals surface area contributed by atoms with Crippen molar-refractivity contribution in [1.82, 2.24) is 4.90 Å². The van der Waals surface area contributed by atoms with E-state index in [1.54, 1.807) is 0 Å². The minimum absolute atomic E-state index is 0.0272. The van der Waals surface area contributed by atoms with Crippen LogP contribution in [0.15, 0.2) is 0 Å². The highest BCUT2D eigenvalue weighted by molar-refractivity contribution is 5.69. The molecule has 16 heavy (non-hydrogen) atoms. The van der Waals surface area contributed by atoms with Crippen LogP contribution in [0.25, 0.3) is 0 Å². The van der Waals surface area contributed by atoms with Crippen molar-refractivity contribution in [2.24, 2.45) is 5.41 Å². The first kappa shape index (κ1) is 15.4. The first-order chi connectivity index (χ1) is 7.27. The van der Waals surface area contributed by atoms with Gasteiger partial charge >= 0.3 is 5.97 Å². The van der Waals surface area contributed by atoms with Gasteiger partial charge in [0.1, 0.15) is 6.10 Å². The van der Waals surface area contributed by atoms with Gasteiger partial charge in [-0.25, -0.2) is 0 Å². The summed E-state index contributed by atoms with van der Waals surface area (Å²) in [7, 11) is 4.02. The Morgan fingerprint density at radius 2 is 1.88 bits per heavy atom. The standard InChI is InChI=1S/C13H27NO2/c1-7-11(13(2,3)4)16-12(15)9-8-10-14(5)6/h11H,7-10H2,1-6H3. The van der Waals surface area contributed by atoms with E-state index in [-0.39, 0.29) is 17.5 Å². The average molecular weight is 229 g/mol. The van der Waals surface area contributed by atoms with Gasteiger partial charge in [0.05, 0.1) is 0 Å². The third-order valence-corrected chi connectivity index (χ3v) is 2.60. The molecule has 0 aromatic rings. The van der Waals surface area contributed by atoms with Gasteiger partial charge in [-0.2, -0.15) is 0 Å². The van der Waals surface area contributed by atoms with Gasteiger partial charge < -0.3 is 9.64 Å². The summed E-state index contributed by atoms with van der Waals surface area (Å²) in [5, 5.41) is 0. The molecule has 0 saturated heterocycles. The maximum Gasteiger partial charge on any atom is 0.306 e. The van der Waals surface area contributed by atoms with Gasteiger partial charge in [-0.1, -0.05) is 27.7 Å². The zero-order valence-electron chi connectivity index (χ0n) is 11.7. The zero-order valence-corrected chi connectivity index (χ0v) is 11.7. The van der Waals surface area contributed by atoms with Crippen molar-refractivity contribution in [2.75, 3.05) is 20.6 Å². The van der Waals surface area contributed by atoms with Crippen molar-refractivity contribution in [3.63, 3.8) is 0 Å². The molecule has 0 aliphatic carbocycles. The second kappa shape index (κ2) is 6.89. The predicted octanol–water partition coefficient (Wildman–Crippen LogP) is 2.70. The highest BCUT2D eigenvalue weighted by atomic mass is 16.5. The molecule has 0 fully saturated rings. The second-order valence-electron chi connectivity index (χ2n) is 5.66. The summed E-state index contributed by atoms with van der Waals surface area (Å²) in [6.45, 7) is 9.31. The Morgan fingerprint density at radius 1 is 1.31 bits per heavy atom. The fourth-order valence-electron chi connectivity index (χ4n) is 1.63. The first-order valence-corrected chi connectivity index (χ1v) is 6.11. The molecule has 3 heteroatoms. The van der Waals surface area contributed by atoms with Gasteiger partial charge in [-0.3, -0.25) is 4.79 Å².